The monoisotopic (exact) mass is 157 g/mol. The Morgan fingerprint density at radius 3 is 3.00 bits per heavy atom. The van der Waals surface area contributed by atoms with Crippen LogP contribution in [0.25, 0.3) is 0 Å². The molecule has 0 amide bonds. The molecule has 1 aliphatic rings. The highest BCUT2D eigenvalue weighted by molar-refractivity contribution is 6.16. The molecule has 1 aromatic rings. The molecule has 10 heavy (non-hydrogen) atoms. The molecule has 0 aromatic carbocycles. The van der Waals surface area contributed by atoms with Crippen molar-refractivity contribution in [2.24, 2.45) is 0 Å². The molecule has 0 spiro atoms. The Labute approximate surface area is 64.0 Å². The Balaban J connectivity index is 2.19. The standard InChI is InChI=1S/C6H8ClN3/c7-3-5-4-10(9-8-5)6-1-2-6/h4,6H,1-3H2. The van der Waals surface area contributed by atoms with Gasteiger partial charge in [-0.05, 0) is 12.8 Å². The van der Waals surface area contributed by atoms with Crippen LogP contribution in [-0.4, -0.2) is 15.0 Å². The van der Waals surface area contributed by atoms with Crippen molar-refractivity contribution in [2.45, 2.75) is 24.8 Å². The van der Waals surface area contributed by atoms with E-state index in [-0.39, 0.29) is 0 Å². The zero-order valence-corrected chi connectivity index (χ0v) is 6.25. The van der Waals surface area contributed by atoms with Crippen molar-refractivity contribution >= 4 is 11.6 Å². The van der Waals surface area contributed by atoms with Gasteiger partial charge < -0.3 is 0 Å². The van der Waals surface area contributed by atoms with Gasteiger partial charge in [0.1, 0.15) is 0 Å². The highest BCUT2D eigenvalue weighted by atomic mass is 35.5. The molecule has 4 heteroatoms. The second-order valence-electron chi connectivity index (χ2n) is 2.55. The van der Waals surface area contributed by atoms with Crippen molar-refractivity contribution in [1.29, 1.82) is 0 Å². The maximum absolute atomic E-state index is 5.55. The Bertz CT molecular complexity index is 229. The summed E-state index contributed by atoms with van der Waals surface area (Å²) >= 11 is 5.55. The topological polar surface area (TPSA) is 30.7 Å². The van der Waals surface area contributed by atoms with E-state index in [4.69, 9.17) is 11.6 Å². The lowest BCUT2D eigenvalue weighted by molar-refractivity contribution is 0.610. The number of hydrogen-bond acceptors (Lipinski definition) is 2. The van der Waals surface area contributed by atoms with E-state index < -0.39 is 0 Å². The van der Waals surface area contributed by atoms with Gasteiger partial charge in [0.15, 0.2) is 0 Å². The van der Waals surface area contributed by atoms with Gasteiger partial charge in [0.2, 0.25) is 0 Å². The van der Waals surface area contributed by atoms with Crippen molar-refractivity contribution < 1.29 is 0 Å². The van der Waals surface area contributed by atoms with Crippen LogP contribution in [0.2, 0.25) is 0 Å². The number of nitrogens with zero attached hydrogens (tertiary/aromatic N) is 3. The number of aromatic nitrogens is 3. The first kappa shape index (κ1) is 6.16. The summed E-state index contributed by atoms with van der Waals surface area (Å²) in [6.07, 6.45) is 4.40. The van der Waals surface area contributed by atoms with E-state index in [1.807, 2.05) is 10.9 Å². The molecule has 1 aromatic heterocycles. The van der Waals surface area contributed by atoms with Crippen LogP contribution in [0.1, 0.15) is 24.6 Å². The predicted molar refractivity (Wildman–Crippen MR) is 37.9 cm³/mol. The first-order valence-electron chi connectivity index (χ1n) is 3.37. The van der Waals surface area contributed by atoms with Crippen LogP contribution in [0.3, 0.4) is 0 Å². The van der Waals surface area contributed by atoms with E-state index in [9.17, 15) is 0 Å². The van der Waals surface area contributed by atoms with Gasteiger partial charge in [-0.3, -0.25) is 0 Å². The minimum atomic E-state index is 0.465. The number of halogens is 1. The number of rotatable bonds is 2. The second kappa shape index (κ2) is 2.23. The molecular formula is C6H8ClN3. The van der Waals surface area contributed by atoms with Crippen molar-refractivity contribution in [1.82, 2.24) is 15.0 Å². The highest BCUT2D eigenvalue weighted by Gasteiger charge is 2.24. The minimum absolute atomic E-state index is 0.465. The number of alkyl halides is 1. The Morgan fingerprint density at radius 1 is 1.70 bits per heavy atom. The average Bonchev–Trinajstić information content (AvgIpc) is 2.70. The van der Waals surface area contributed by atoms with Gasteiger partial charge in [-0.2, -0.15) is 0 Å². The highest BCUT2D eigenvalue weighted by Crippen LogP contribution is 2.33. The van der Waals surface area contributed by atoms with Gasteiger partial charge in [0, 0.05) is 6.20 Å². The lowest BCUT2D eigenvalue weighted by atomic mass is 10.5. The molecule has 0 bridgehead atoms. The molecule has 1 aliphatic carbocycles. The molecule has 0 aliphatic heterocycles. The zero-order chi connectivity index (χ0) is 6.97. The molecule has 1 heterocycles. The quantitative estimate of drug-likeness (QED) is 0.607. The summed E-state index contributed by atoms with van der Waals surface area (Å²) in [5, 5.41) is 7.81. The molecule has 54 valence electrons. The molecule has 0 radical (unpaired) electrons. The summed E-state index contributed by atoms with van der Waals surface area (Å²) in [6, 6.07) is 0.615. The van der Waals surface area contributed by atoms with Crippen LogP contribution >= 0.6 is 11.6 Å². The van der Waals surface area contributed by atoms with Gasteiger partial charge in [-0.1, -0.05) is 5.21 Å². The van der Waals surface area contributed by atoms with Crippen LogP contribution in [0, 0.1) is 0 Å². The lowest BCUT2D eigenvalue weighted by Gasteiger charge is -1.89. The number of hydrogen-bond donors (Lipinski definition) is 0. The predicted octanol–water partition coefficient (Wildman–Crippen LogP) is 1.35. The molecule has 3 nitrogen and oxygen atoms in total. The molecule has 0 unspecified atom stereocenters. The van der Waals surface area contributed by atoms with Gasteiger partial charge in [0.25, 0.3) is 0 Å². The van der Waals surface area contributed by atoms with Crippen LogP contribution in [0.15, 0.2) is 6.20 Å². The van der Waals surface area contributed by atoms with Gasteiger partial charge in [0.05, 0.1) is 17.6 Å². The molecule has 2 rings (SSSR count). The Hall–Kier alpha value is -0.570. The fourth-order valence-electron chi connectivity index (χ4n) is 0.892. The van der Waals surface area contributed by atoms with Crippen LogP contribution in [0.5, 0.6) is 0 Å². The van der Waals surface area contributed by atoms with Crippen molar-refractivity contribution in [3.63, 3.8) is 0 Å². The molecule has 0 N–H and O–H groups in total. The van der Waals surface area contributed by atoms with Crippen molar-refractivity contribution in [2.75, 3.05) is 0 Å². The third-order valence-corrected chi connectivity index (χ3v) is 1.89. The summed E-state index contributed by atoms with van der Waals surface area (Å²) in [4.78, 5) is 0. The molecule has 1 saturated carbocycles. The molecular weight excluding hydrogens is 150 g/mol. The largest absolute Gasteiger partial charge is 0.249 e. The third kappa shape index (κ3) is 1.01. The van der Waals surface area contributed by atoms with E-state index in [0.29, 0.717) is 11.9 Å². The van der Waals surface area contributed by atoms with Gasteiger partial charge in [-0.15, -0.1) is 16.7 Å². The van der Waals surface area contributed by atoms with E-state index in [2.05, 4.69) is 10.3 Å². The molecule has 0 atom stereocenters. The van der Waals surface area contributed by atoms with Crippen LogP contribution in [-0.2, 0) is 5.88 Å². The summed E-state index contributed by atoms with van der Waals surface area (Å²) in [6.45, 7) is 0. The maximum atomic E-state index is 5.55. The summed E-state index contributed by atoms with van der Waals surface area (Å²) in [7, 11) is 0. The van der Waals surface area contributed by atoms with E-state index in [0.717, 1.165) is 5.69 Å². The van der Waals surface area contributed by atoms with Crippen LogP contribution in [0.4, 0.5) is 0 Å². The summed E-state index contributed by atoms with van der Waals surface area (Å²) in [5.41, 5.74) is 0.869. The Morgan fingerprint density at radius 2 is 2.50 bits per heavy atom. The van der Waals surface area contributed by atoms with Crippen molar-refractivity contribution in [3.8, 4) is 0 Å². The SMILES string of the molecule is ClCc1cn(C2CC2)nn1. The Kier molecular flexibility index (Phi) is 1.38. The fraction of sp³-hybridized carbons (Fsp3) is 0.667. The normalized spacial score (nSPS) is 17.7. The first-order chi connectivity index (χ1) is 4.90. The summed E-state index contributed by atoms with van der Waals surface area (Å²) in [5.74, 6) is 0.465. The average molecular weight is 158 g/mol. The molecule has 1 fully saturated rings. The minimum Gasteiger partial charge on any atom is -0.249 e. The van der Waals surface area contributed by atoms with Crippen molar-refractivity contribution in [3.05, 3.63) is 11.9 Å². The summed E-state index contributed by atoms with van der Waals surface area (Å²) < 4.78 is 1.90. The molecule has 0 saturated heterocycles. The van der Waals surface area contributed by atoms with E-state index in [1.54, 1.807) is 0 Å². The lowest BCUT2D eigenvalue weighted by Crippen LogP contribution is -1.92. The second-order valence-corrected chi connectivity index (χ2v) is 2.82. The maximum Gasteiger partial charge on any atom is 0.0974 e. The van der Waals surface area contributed by atoms with E-state index >= 15 is 0 Å². The van der Waals surface area contributed by atoms with Crippen LogP contribution < -0.4 is 0 Å². The van der Waals surface area contributed by atoms with E-state index in [1.165, 1.54) is 12.8 Å². The smallest absolute Gasteiger partial charge is 0.0974 e. The fourth-order valence-corrected chi connectivity index (χ4v) is 1.01. The van der Waals surface area contributed by atoms with Gasteiger partial charge in [-0.25, -0.2) is 4.68 Å². The van der Waals surface area contributed by atoms with Gasteiger partial charge >= 0.3 is 0 Å². The first-order valence-corrected chi connectivity index (χ1v) is 3.90. The zero-order valence-electron chi connectivity index (χ0n) is 5.50. The third-order valence-electron chi connectivity index (χ3n) is 1.62.